The van der Waals surface area contributed by atoms with E-state index in [4.69, 9.17) is 4.98 Å². The van der Waals surface area contributed by atoms with Crippen molar-refractivity contribution in [2.24, 2.45) is 0 Å². The Hall–Kier alpha value is -2.20. The molecule has 1 heterocycles. The summed E-state index contributed by atoms with van der Waals surface area (Å²) in [4.78, 5) is 18.8. The molecule has 1 N–H and O–H groups in total. The molecular weight excluding hydrogens is 328 g/mol. The number of hydrogen-bond donors (Lipinski definition) is 1. The second-order valence-electron chi connectivity index (χ2n) is 6.57. The summed E-state index contributed by atoms with van der Waals surface area (Å²) >= 11 is 1.87. The van der Waals surface area contributed by atoms with Crippen LogP contribution in [-0.2, 0) is 19.3 Å². The van der Waals surface area contributed by atoms with Crippen LogP contribution in [0.5, 0.6) is 0 Å². The average molecular weight is 350 g/mol. The van der Waals surface area contributed by atoms with Gasteiger partial charge in [0.05, 0.1) is 10.7 Å². The Balaban J connectivity index is 1.33. The molecule has 4 rings (SSSR count). The summed E-state index contributed by atoms with van der Waals surface area (Å²) < 4.78 is 0. The van der Waals surface area contributed by atoms with Crippen molar-refractivity contribution in [2.45, 2.75) is 38.5 Å². The third-order valence-electron chi connectivity index (χ3n) is 4.78. The predicted molar refractivity (Wildman–Crippen MR) is 103 cm³/mol. The molecule has 0 atom stereocenters. The zero-order valence-electron chi connectivity index (χ0n) is 14.3. The topological polar surface area (TPSA) is 42.0 Å². The summed E-state index contributed by atoms with van der Waals surface area (Å²) in [5, 5.41) is 6.40. The molecule has 4 heteroatoms. The maximum atomic E-state index is 12.5. The van der Waals surface area contributed by atoms with Gasteiger partial charge in [0.15, 0.2) is 0 Å². The first-order valence-corrected chi connectivity index (χ1v) is 9.86. The first-order chi connectivity index (χ1) is 12.3. The minimum Gasteiger partial charge on any atom is -0.352 e. The summed E-state index contributed by atoms with van der Waals surface area (Å²) in [6.45, 7) is 0.687. The fourth-order valence-corrected chi connectivity index (χ4v) is 4.67. The van der Waals surface area contributed by atoms with Gasteiger partial charge in [-0.15, -0.1) is 11.3 Å². The number of aryl methyl sites for hydroxylation is 3. The van der Waals surface area contributed by atoms with Crippen molar-refractivity contribution in [1.29, 1.82) is 0 Å². The summed E-state index contributed by atoms with van der Waals surface area (Å²) in [7, 11) is 0. The molecule has 0 aliphatic heterocycles. The van der Waals surface area contributed by atoms with Crippen LogP contribution < -0.4 is 5.32 Å². The van der Waals surface area contributed by atoms with Gasteiger partial charge >= 0.3 is 0 Å². The van der Waals surface area contributed by atoms with E-state index in [0.717, 1.165) is 35.6 Å². The van der Waals surface area contributed by atoms with Crippen LogP contribution in [0.15, 0.2) is 42.5 Å². The maximum absolute atomic E-state index is 12.5. The largest absolute Gasteiger partial charge is 0.352 e. The van der Waals surface area contributed by atoms with E-state index in [-0.39, 0.29) is 5.91 Å². The molecule has 25 heavy (non-hydrogen) atoms. The fraction of sp³-hybridized carbons (Fsp3) is 0.333. The molecule has 3 nitrogen and oxygen atoms in total. The monoisotopic (exact) mass is 350 g/mol. The van der Waals surface area contributed by atoms with E-state index in [1.54, 1.807) is 0 Å². The van der Waals surface area contributed by atoms with Gasteiger partial charge in [0.1, 0.15) is 0 Å². The minimum absolute atomic E-state index is 0.00948. The van der Waals surface area contributed by atoms with E-state index in [0.29, 0.717) is 6.54 Å². The van der Waals surface area contributed by atoms with Crippen LogP contribution in [0.25, 0.3) is 10.8 Å². The summed E-state index contributed by atoms with van der Waals surface area (Å²) in [6, 6.07) is 13.9. The first kappa shape index (κ1) is 16.3. The number of fused-ring (bicyclic) bond motifs is 2. The Bertz CT molecular complexity index is 871. The molecule has 0 unspecified atom stereocenters. The maximum Gasteiger partial charge on any atom is 0.251 e. The second kappa shape index (κ2) is 7.36. The van der Waals surface area contributed by atoms with Gasteiger partial charge in [0.2, 0.25) is 0 Å². The number of amides is 1. The molecule has 2 aromatic carbocycles. The number of thiazole rings is 1. The Labute approximate surface area is 152 Å². The standard InChI is InChI=1S/C21H22N2OS/c24-21(17-10-5-8-15-7-1-2-9-16(15)17)22-14-6-13-20-23-18-11-3-4-12-19(18)25-20/h1-2,5,7-10H,3-4,6,11-14H2,(H,22,24). The van der Waals surface area contributed by atoms with E-state index in [9.17, 15) is 4.79 Å². The van der Waals surface area contributed by atoms with Crippen molar-refractivity contribution in [1.82, 2.24) is 10.3 Å². The molecule has 1 amide bonds. The average Bonchev–Trinajstić information content (AvgIpc) is 3.07. The molecular formula is C21H22N2OS. The lowest BCUT2D eigenvalue weighted by molar-refractivity contribution is 0.0955. The lowest BCUT2D eigenvalue weighted by Crippen LogP contribution is -2.25. The van der Waals surface area contributed by atoms with Crippen LogP contribution in [0.2, 0.25) is 0 Å². The van der Waals surface area contributed by atoms with Gasteiger partial charge in [-0.05, 0) is 48.9 Å². The molecule has 1 aliphatic rings. The van der Waals surface area contributed by atoms with E-state index in [2.05, 4.69) is 5.32 Å². The van der Waals surface area contributed by atoms with Gasteiger partial charge in [-0.2, -0.15) is 0 Å². The number of nitrogens with one attached hydrogen (secondary N) is 1. The Morgan fingerprint density at radius 1 is 1.08 bits per heavy atom. The Kier molecular flexibility index (Phi) is 4.79. The van der Waals surface area contributed by atoms with Gasteiger partial charge in [0.25, 0.3) is 5.91 Å². The van der Waals surface area contributed by atoms with Crippen LogP contribution in [0.3, 0.4) is 0 Å². The molecule has 0 saturated heterocycles. The molecule has 0 fully saturated rings. The molecule has 0 radical (unpaired) electrons. The molecule has 0 saturated carbocycles. The number of nitrogens with zero attached hydrogens (tertiary/aromatic N) is 1. The summed E-state index contributed by atoms with van der Waals surface area (Å²) in [5.41, 5.74) is 2.08. The number of hydrogen-bond acceptors (Lipinski definition) is 3. The van der Waals surface area contributed by atoms with Crippen LogP contribution >= 0.6 is 11.3 Å². The lowest BCUT2D eigenvalue weighted by Gasteiger charge is -2.07. The molecule has 128 valence electrons. The number of aromatic nitrogens is 1. The summed E-state index contributed by atoms with van der Waals surface area (Å²) in [5.74, 6) is 0.00948. The number of benzene rings is 2. The quantitative estimate of drug-likeness (QED) is 0.687. The molecule has 0 spiro atoms. The van der Waals surface area contributed by atoms with Gasteiger partial charge in [-0.1, -0.05) is 36.4 Å². The van der Waals surface area contributed by atoms with Crippen molar-refractivity contribution in [3.63, 3.8) is 0 Å². The highest BCUT2D eigenvalue weighted by atomic mass is 32.1. The van der Waals surface area contributed by atoms with Crippen molar-refractivity contribution in [3.8, 4) is 0 Å². The lowest BCUT2D eigenvalue weighted by atomic mass is 10.0. The van der Waals surface area contributed by atoms with Gasteiger partial charge in [0, 0.05) is 23.4 Å². The van der Waals surface area contributed by atoms with E-state index in [1.807, 2.05) is 53.8 Å². The van der Waals surface area contributed by atoms with Crippen molar-refractivity contribution < 1.29 is 4.79 Å². The molecule has 1 aromatic heterocycles. The van der Waals surface area contributed by atoms with Gasteiger partial charge < -0.3 is 5.32 Å². The third-order valence-corrected chi connectivity index (χ3v) is 5.99. The highest BCUT2D eigenvalue weighted by molar-refractivity contribution is 7.11. The van der Waals surface area contributed by atoms with E-state index in [1.165, 1.54) is 34.8 Å². The second-order valence-corrected chi connectivity index (χ2v) is 7.74. The molecule has 1 aliphatic carbocycles. The van der Waals surface area contributed by atoms with Crippen molar-refractivity contribution in [2.75, 3.05) is 6.54 Å². The van der Waals surface area contributed by atoms with Gasteiger partial charge in [-0.25, -0.2) is 4.98 Å². The highest BCUT2D eigenvalue weighted by Crippen LogP contribution is 2.27. The first-order valence-electron chi connectivity index (χ1n) is 9.05. The normalized spacial score (nSPS) is 13.6. The SMILES string of the molecule is O=C(NCCCc1nc2c(s1)CCCC2)c1cccc2ccccc12. The molecule has 3 aromatic rings. The predicted octanol–water partition coefficient (Wildman–Crippen LogP) is 4.54. The zero-order valence-corrected chi connectivity index (χ0v) is 15.1. The van der Waals surface area contributed by atoms with Gasteiger partial charge in [-0.3, -0.25) is 4.79 Å². The highest BCUT2D eigenvalue weighted by Gasteiger charge is 2.15. The van der Waals surface area contributed by atoms with Crippen molar-refractivity contribution >= 4 is 28.0 Å². The third kappa shape index (κ3) is 3.59. The van der Waals surface area contributed by atoms with Crippen LogP contribution in [0.1, 0.15) is 45.2 Å². The Morgan fingerprint density at radius 2 is 1.92 bits per heavy atom. The number of carbonyl (C=O) groups is 1. The number of carbonyl (C=O) groups excluding carboxylic acids is 1. The van der Waals surface area contributed by atoms with Crippen LogP contribution in [0, 0.1) is 0 Å². The summed E-state index contributed by atoms with van der Waals surface area (Å²) in [6.07, 6.45) is 6.80. The van der Waals surface area contributed by atoms with Crippen LogP contribution in [0.4, 0.5) is 0 Å². The van der Waals surface area contributed by atoms with E-state index < -0.39 is 0 Å². The van der Waals surface area contributed by atoms with Crippen molar-refractivity contribution in [3.05, 3.63) is 63.6 Å². The Morgan fingerprint density at radius 3 is 2.84 bits per heavy atom. The molecule has 0 bridgehead atoms. The van der Waals surface area contributed by atoms with E-state index >= 15 is 0 Å². The number of rotatable bonds is 5. The van der Waals surface area contributed by atoms with Crippen LogP contribution in [-0.4, -0.2) is 17.4 Å². The minimum atomic E-state index is 0.00948. The zero-order chi connectivity index (χ0) is 17.1. The fourth-order valence-electron chi connectivity index (χ4n) is 3.47. The smallest absolute Gasteiger partial charge is 0.251 e.